The molecule has 3 atom stereocenters. The molecule has 2 aliphatic carbocycles. The largest absolute Gasteiger partial charge is 0.251 e. The van der Waals surface area contributed by atoms with E-state index in [1.54, 1.807) is 11.4 Å². The molecule has 1 N–H and O–H groups in total. The minimum absolute atomic E-state index is 0.0211. The summed E-state index contributed by atoms with van der Waals surface area (Å²) >= 11 is 4.59. The summed E-state index contributed by atoms with van der Waals surface area (Å²) in [5, 5.41) is 1.80. The summed E-state index contributed by atoms with van der Waals surface area (Å²) < 4.78 is 29.3. The van der Waals surface area contributed by atoms with Crippen LogP contribution in [0.15, 0.2) is 20.1 Å². The molecule has 0 amide bonds. The maximum absolute atomic E-state index is 12.6. The second-order valence-corrected chi connectivity index (χ2v) is 10.7. The Morgan fingerprint density at radius 2 is 2.10 bits per heavy atom. The van der Waals surface area contributed by atoms with Crippen LogP contribution in [0.4, 0.5) is 0 Å². The summed E-state index contributed by atoms with van der Waals surface area (Å²) in [5.41, 5.74) is 0.134. The van der Waals surface area contributed by atoms with Gasteiger partial charge in [-0.05, 0) is 63.4 Å². The van der Waals surface area contributed by atoms with Gasteiger partial charge in [-0.3, -0.25) is 0 Å². The zero-order valence-corrected chi connectivity index (χ0v) is 15.2. The molecule has 2 aliphatic rings. The second kappa shape index (κ2) is 4.54. The Bertz CT molecular complexity index is 633. The maximum atomic E-state index is 12.6. The highest BCUT2D eigenvalue weighted by molar-refractivity contribution is 9.10. The van der Waals surface area contributed by atoms with Crippen LogP contribution in [0, 0.1) is 16.7 Å². The monoisotopic (exact) mass is 377 g/mol. The van der Waals surface area contributed by atoms with E-state index < -0.39 is 10.0 Å². The van der Waals surface area contributed by atoms with E-state index in [2.05, 4.69) is 41.4 Å². The molecule has 3 rings (SSSR count). The van der Waals surface area contributed by atoms with Gasteiger partial charge in [0, 0.05) is 10.5 Å². The van der Waals surface area contributed by atoms with Crippen molar-refractivity contribution in [1.82, 2.24) is 4.72 Å². The van der Waals surface area contributed by atoms with E-state index in [1.807, 2.05) is 0 Å². The van der Waals surface area contributed by atoms with Crippen molar-refractivity contribution in [3.8, 4) is 0 Å². The number of halogens is 1. The Labute approximate surface area is 133 Å². The van der Waals surface area contributed by atoms with Crippen molar-refractivity contribution in [2.45, 2.75) is 50.3 Å². The molecule has 0 aromatic carbocycles. The van der Waals surface area contributed by atoms with Gasteiger partial charge in [0.15, 0.2) is 0 Å². The van der Waals surface area contributed by atoms with Gasteiger partial charge in [0.1, 0.15) is 4.21 Å². The lowest BCUT2D eigenvalue weighted by Gasteiger charge is -2.42. The molecule has 2 fully saturated rings. The molecule has 6 heteroatoms. The van der Waals surface area contributed by atoms with E-state index in [4.69, 9.17) is 0 Å². The van der Waals surface area contributed by atoms with Gasteiger partial charge in [0.05, 0.1) is 0 Å². The number of sulfonamides is 1. The van der Waals surface area contributed by atoms with Crippen LogP contribution in [-0.2, 0) is 10.0 Å². The Balaban J connectivity index is 1.94. The van der Waals surface area contributed by atoms with Gasteiger partial charge < -0.3 is 0 Å². The van der Waals surface area contributed by atoms with E-state index >= 15 is 0 Å². The fourth-order valence-electron chi connectivity index (χ4n) is 4.28. The summed E-state index contributed by atoms with van der Waals surface area (Å²) in [7, 11) is -3.44. The number of hydrogen-bond acceptors (Lipinski definition) is 3. The predicted molar refractivity (Wildman–Crippen MR) is 85.4 cm³/mol. The van der Waals surface area contributed by atoms with Crippen LogP contribution in [0.3, 0.4) is 0 Å². The summed E-state index contributed by atoms with van der Waals surface area (Å²) in [5.74, 6) is 0.631. The molecule has 0 radical (unpaired) electrons. The highest BCUT2D eigenvalue weighted by atomic mass is 79.9. The Hall–Kier alpha value is 0.0900. The first-order valence-corrected chi connectivity index (χ1v) is 10.1. The lowest BCUT2D eigenvalue weighted by molar-refractivity contribution is 0.127. The van der Waals surface area contributed by atoms with Crippen molar-refractivity contribution in [1.29, 1.82) is 0 Å². The standard InChI is InChI=1S/C14H20BrNO2S2/c1-13(2)9-4-6-14(3,8-9)12(13)16-20(17,18)11-10(15)5-7-19-11/h5,7,9,12,16H,4,6,8H2,1-3H3. The van der Waals surface area contributed by atoms with Crippen LogP contribution in [0.5, 0.6) is 0 Å². The molecular formula is C14H20BrNO2S2. The molecule has 2 bridgehead atoms. The molecule has 0 aliphatic heterocycles. The third-order valence-electron chi connectivity index (χ3n) is 5.37. The number of rotatable bonds is 3. The number of fused-ring (bicyclic) bond motifs is 2. The van der Waals surface area contributed by atoms with Gasteiger partial charge in [-0.25, -0.2) is 13.1 Å². The van der Waals surface area contributed by atoms with E-state index in [0.29, 0.717) is 14.6 Å². The molecule has 2 saturated carbocycles. The van der Waals surface area contributed by atoms with E-state index in [-0.39, 0.29) is 16.9 Å². The molecule has 1 heterocycles. The van der Waals surface area contributed by atoms with E-state index in [1.165, 1.54) is 17.8 Å². The van der Waals surface area contributed by atoms with Crippen LogP contribution < -0.4 is 4.72 Å². The lowest BCUT2D eigenvalue weighted by Crippen LogP contribution is -2.52. The van der Waals surface area contributed by atoms with Crippen LogP contribution in [0.2, 0.25) is 0 Å². The SMILES string of the molecule is CC12CCC(C1)C(C)(C)C2NS(=O)(=O)c1sccc1Br. The maximum Gasteiger partial charge on any atom is 0.251 e. The quantitative estimate of drug-likeness (QED) is 0.864. The van der Waals surface area contributed by atoms with Crippen molar-refractivity contribution in [2.75, 3.05) is 0 Å². The minimum Gasteiger partial charge on any atom is -0.206 e. The molecule has 0 saturated heterocycles. The summed E-state index contributed by atoms with van der Waals surface area (Å²) in [4.78, 5) is 0. The zero-order chi connectivity index (χ0) is 14.8. The average molecular weight is 378 g/mol. The topological polar surface area (TPSA) is 46.2 Å². The van der Waals surface area contributed by atoms with Crippen LogP contribution >= 0.6 is 27.3 Å². The summed E-state index contributed by atoms with van der Waals surface area (Å²) in [6.07, 6.45) is 3.49. The highest BCUT2D eigenvalue weighted by Gasteiger charge is 2.60. The second-order valence-electron chi connectivity index (χ2n) is 7.03. The summed E-state index contributed by atoms with van der Waals surface area (Å²) in [6.45, 7) is 6.65. The highest BCUT2D eigenvalue weighted by Crippen LogP contribution is 2.62. The average Bonchev–Trinajstić information content (AvgIpc) is 2.96. The normalized spacial score (nSPS) is 35.6. The number of nitrogens with one attached hydrogen (secondary N) is 1. The first-order valence-electron chi connectivity index (χ1n) is 6.92. The van der Waals surface area contributed by atoms with Crippen molar-refractivity contribution in [3.63, 3.8) is 0 Å². The minimum atomic E-state index is -3.44. The van der Waals surface area contributed by atoms with Crippen LogP contribution in [0.25, 0.3) is 0 Å². The van der Waals surface area contributed by atoms with E-state index in [0.717, 1.165) is 12.8 Å². The van der Waals surface area contributed by atoms with Gasteiger partial charge in [-0.2, -0.15) is 0 Å². The Morgan fingerprint density at radius 3 is 2.60 bits per heavy atom. The lowest BCUT2D eigenvalue weighted by atomic mass is 9.69. The van der Waals surface area contributed by atoms with Gasteiger partial charge >= 0.3 is 0 Å². The molecule has 3 unspecified atom stereocenters. The zero-order valence-electron chi connectivity index (χ0n) is 11.9. The van der Waals surface area contributed by atoms with Crippen molar-refractivity contribution in [3.05, 3.63) is 15.9 Å². The molecule has 3 nitrogen and oxygen atoms in total. The third-order valence-corrected chi connectivity index (χ3v) is 9.46. The van der Waals surface area contributed by atoms with E-state index in [9.17, 15) is 8.42 Å². The van der Waals surface area contributed by atoms with Crippen molar-refractivity contribution >= 4 is 37.3 Å². The van der Waals surface area contributed by atoms with Gasteiger partial charge in [-0.1, -0.05) is 20.8 Å². The number of hydrogen-bond donors (Lipinski definition) is 1. The fraction of sp³-hybridized carbons (Fsp3) is 0.714. The molecule has 1 aromatic rings. The van der Waals surface area contributed by atoms with Crippen LogP contribution in [0.1, 0.15) is 40.0 Å². The fourth-order valence-corrected chi connectivity index (χ4v) is 8.16. The molecule has 1 aromatic heterocycles. The molecule has 20 heavy (non-hydrogen) atoms. The smallest absolute Gasteiger partial charge is 0.206 e. The van der Waals surface area contributed by atoms with Gasteiger partial charge in [-0.15, -0.1) is 11.3 Å². The predicted octanol–water partition coefficient (Wildman–Crippen LogP) is 4.00. The third kappa shape index (κ3) is 2.11. The van der Waals surface area contributed by atoms with Gasteiger partial charge in [0.2, 0.25) is 0 Å². The molecule has 112 valence electrons. The van der Waals surface area contributed by atoms with Crippen molar-refractivity contribution in [2.24, 2.45) is 16.7 Å². The van der Waals surface area contributed by atoms with Gasteiger partial charge in [0.25, 0.3) is 10.0 Å². The van der Waals surface area contributed by atoms with Crippen LogP contribution in [-0.4, -0.2) is 14.5 Å². The Morgan fingerprint density at radius 1 is 1.40 bits per heavy atom. The number of thiophene rings is 1. The first kappa shape index (κ1) is 15.0. The Kier molecular flexibility index (Phi) is 3.41. The summed E-state index contributed by atoms with van der Waals surface area (Å²) in [6, 6.07) is 1.81. The molecule has 0 spiro atoms. The molecular weight excluding hydrogens is 358 g/mol. The van der Waals surface area contributed by atoms with Crippen molar-refractivity contribution < 1.29 is 8.42 Å². The first-order chi connectivity index (χ1) is 9.17.